The van der Waals surface area contributed by atoms with Gasteiger partial charge in [-0.1, -0.05) is 51.8 Å². The molecule has 0 fully saturated rings. The maximum Gasteiger partial charge on any atom is 0.270 e. The van der Waals surface area contributed by atoms with Gasteiger partial charge in [-0.25, -0.2) is 0 Å². The minimum atomic E-state index is -0.516. The van der Waals surface area contributed by atoms with Crippen LogP contribution in [0, 0.1) is 22.5 Å². The monoisotopic (exact) mass is 453 g/mol. The van der Waals surface area contributed by atoms with Crippen LogP contribution in [0.2, 0.25) is 0 Å². The molecular formula is C26H35N3O4. The Labute approximate surface area is 196 Å². The summed E-state index contributed by atoms with van der Waals surface area (Å²) in [6.07, 6.45) is 4.48. The molecule has 2 amide bonds. The van der Waals surface area contributed by atoms with E-state index in [4.69, 9.17) is 0 Å². The second-order valence-corrected chi connectivity index (χ2v) is 9.00. The first-order valence-electron chi connectivity index (χ1n) is 11.6. The Morgan fingerprint density at radius 3 is 2.36 bits per heavy atom. The van der Waals surface area contributed by atoms with Crippen LogP contribution in [0.3, 0.4) is 0 Å². The number of anilines is 1. The van der Waals surface area contributed by atoms with Gasteiger partial charge in [0, 0.05) is 34.8 Å². The zero-order valence-corrected chi connectivity index (χ0v) is 20.2. The number of aryl methyl sites for hydroxylation is 1. The lowest BCUT2D eigenvalue weighted by molar-refractivity contribution is -0.384. The predicted molar refractivity (Wildman–Crippen MR) is 131 cm³/mol. The molecule has 0 saturated carbocycles. The summed E-state index contributed by atoms with van der Waals surface area (Å²) >= 11 is 0. The summed E-state index contributed by atoms with van der Waals surface area (Å²) in [6.45, 7) is 9.96. The molecule has 7 heteroatoms. The number of nitrogens with one attached hydrogen (secondary N) is 2. The molecular weight excluding hydrogens is 418 g/mol. The molecule has 2 unspecified atom stereocenters. The average molecular weight is 454 g/mol. The van der Waals surface area contributed by atoms with Crippen molar-refractivity contribution in [3.05, 3.63) is 69.3 Å². The second-order valence-electron chi connectivity index (χ2n) is 9.00. The molecule has 0 aliphatic carbocycles. The maximum atomic E-state index is 12.8. The number of unbranched alkanes of at least 4 members (excludes halogenated alkanes) is 1. The highest BCUT2D eigenvalue weighted by Gasteiger charge is 2.31. The highest BCUT2D eigenvalue weighted by molar-refractivity contribution is 6.05. The van der Waals surface area contributed by atoms with E-state index in [2.05, 4.69) is 24.5 Å². The third-order valence-electron chi connectivity index (χ3n) is 6.22. The van der Waals surface area contributed by atoms with Crippen LogP contribution in [-0.4, -0.2) is 22.8 Å². The van der Waals surface area contributed by atoms with Crippen LogP contribution in [-0.2, 0) is 11.2 Å². The SMILES string of the molecule is CCCCC(C)(CC)C(=O)NC(C)Cc1ccc(NC(=O)c2cc([N+](=O)[O-])ccc2C)cc1. The van der Waals surface area contributed by atoms with Crippen molar-refractivity contribution < 1.29 is 14.5 Å². The largest absolute Gasteiger partial charge is 0.353 e. The van der Waals surface area contributed by atoms with E-state index in [0.717, 1.165) is 31.2 Å². The van der Waals surface area contributed by atoms with Gasteiger partial charge in [0.15, 0.2) is 0 Å². The first-order valence-corrected chi connectivity index (χ1v) is 11.6. The van der Waals surface area contributed by atoms with E-state index in [1.54, 1.807) is 25.1 Å². The lowest BCUT2D eigenvalue weighted by Crippen LogP contribution is -2.43. The molecule has 178 valence electrons. The molecule has 0 bridgehead atoms. The van der Waals surface area contributed by atoms with E-state index in [9.17, 15) is 19.7 Å². The van der Waals surface area contributed by atoms with Gasteiger partial charge >= 0.3 is 0 Å². The van der Waals surface area contributed by atoms with Crippen LogP contribution >= 0.6 is 0 Å². The highest BCUT2D eigenvalue weighted by Crippen LogP contribution is 2.28. The van der Waals surface area contributed by atoms with Gasteiger partial charge in [0.1, 0.15) is 0 Å². The number of nitro groups is 1. The summed E-state index contributed by atoms with van der Waals surface area (Å²) in [5, 5.41) is 17.0. The van der Waals surface area contributed by atoms with Crippen LogP contribution in [0.5, 0.6) is 0 Å². The summed E-state index contributed by atoms with van der Waals surface area (Å²) < 4.78 is 0. The molecule has 0 radical (unpaired) electrons. The maximum absolute atomic E-state index is 12.8. The van der Waals surface area contributed by atoms with Crippen molar-refractivity contribution in [2.75, 3.05) is 5.32 Å². The normalized spacial score (nSPS) is 13.6. The zero-order chi connectivity index (χ0) is 24.6. The third kappa shape index (κ3) is 7.14. The Kier molecular flexibility index (Phi) is 9.14. The van der Waals surface area contributed by atoms with Gasteiger partial charge in [0.2, 0.25) is 5.91 Å². The zero-order valence-electron chi connectivity index (χ0n) is 20.2. The van der Waals surface area contributed by atoms with Crippen molar-refractivity contribution in [1.29, 1.82) is 0 Å². The smallest absolute Gasteiger partial charge is 0.270 e. The minimum Gasteiger partial charge on any atom is -0.353 e. The molecule has 0 saturated heterocycles. The fourth-order valence-corrected chi connectivity index (χ4v) is 3.71. The summed E-state index contributed by atoms with van der Waals surface area (Å²) in [7, 11) is 0. The van der Waals surface area contributed by atoms with Crippen molar-refractivity contribution in [3.8, 4) is 0 Å². The first kappa shape index (κ1) is 26.0. The van der Waals surface area contributed by atoms with Crippen molar-refractivity contribution in [3.63, 3.8) is 0 Å². The van der Waals surface area contributed by atoms with E-state index >= 15 is 0 Å². The molecule has 2 aromatic rings. The minimum absolute atomic E-state index is 0.0158. The van der Waals surface area contributed by atoms with Crippen molar-refractivity contribution in [2.45, 2.75) is 72.8 Å². The molecule has 2 N–H and O–H groups in total. The van der Waals surface area contributed by atoms with Gasteiger partial charge in [-0.15, -0.1) is 0 Å². The van der Waals surface area contributed by atoms with Gasteiger partial charge in [-0.05, 0) is 56.4 Å². The number of nitro benzene ring substituents is 1. The topological polar surface area (TPSA) is 101 Å². The Balaban J connectivity index is 1.99. The number of hydrogen-bond donors (Lipinski definition) is 2. The molecule has 0 spiro atoms. The standard InChI is InChI=1S/C26H35N3O4/c1-6-8-15-26(5,7-2)25(31)27-19(4)16-20-10-12-21(13-11-20)28-24(30)23-17-22(29(32)33)14-9-18(23)3/h9-14,17,19H,6-8,15-16H2,1-5H3,(H,27,31)(H,28,30). The molecule has 0 aromatic heterocycles. The molecule has 0 heterocycles. The van der Waals surface area contributed by atoms with E-state index in [1.807, 2.05) is 26.0 Å². The number of benzene rings is 2. The molecule has 0 aliphatic rings. The van der Waals surface area contributed by atoms with Crippen LogP contribution in [0.25, 0.3) is 0 Å². The summed E-state index contributed by atoms with van der Waals surface area (Å²) in [5.41, 5.74) is 2.11. The Morgan fingerprint density at radius 1 is 1.12 bits per heavy atom. The number of amides is 2. The number of hydrogen-bond acceptors (Lipinski definition) is 4. The fraction of sp³-hybridized carbons (Fsp3) is 0.462. The number of nitrogens with zero attached hydrogens (tertiary/aromatic N) is 1. The van der Waals surface area contributed by atoms with Gasteiger partial charge in [-0.2, -0.15) is 0 Å². The second kappa shape index (κ2) is 11.6. The predicted octanol–water partition coefficient (Wildman–Crippen LogP) is 5.81. The fourth-order valence-electron chi connectivity index (χ4n) is 3.71. The first-order chi connectivity index (χ1) is 15.6. The third-order valence-corrected chi connectivity index (χ3v) is 6.22. The van der Waals surface area contributed by atoms with Crippen LogP contribution in [0.1, 0.15) is 74.9 Å². The van der Waals surface area contributed by atoms with E-state index < -0.39 is 10.8 Å². The van der Waals surface area contributed by atoms with E-state index in [1.165, 1.54) is 12.1 Å². The molecule has 2 rings (SSSR count). The van der Waals surface area contributed by atoms with Crippen LogP contribution in [0.4, 0.5) is 11.4 Å². The van der Waals surface area contributed by atoms with Crippen LogP contribution in [0.15, 0.2) is 42.5 Å². The van der Waals surface area contributed by atoms with Gasteiger partial charge in [0.05, 0.1) is 4.92 Å². The molecule has 7 nitrogen and oxygen atoms in total. The molecule has 2 aromatic carbocycles. The van der Waals surface area contributed by atoms with Gasteiger partial charge in [0.25, 0.3) is 11.6 Å². The lowest BCUT2D eigenvalue weighted by Gasteiger charge is -2.29. The van der Waals surface area contributed by atoms with E-state index in [0.29, 0.717) is 17.7 Å². The number of carbonyl (C=O) groups excluding carboxylic acids is 2. The van der Waals surface area contributed by atoms with Gasteiger partial charge < -0.3 is 10.6 Å². The lowest BCUT2D eigenvalue weighted by atomic mass is 9.81. The van der Waals surface area contributed by atoms with Crippen molar-refractivity contribution in [2.24, 2.45) is 5.41 Å². The van der Waals surface area contributed by atoms with Crippen LogP contribution < -0.4 is 10.6 Å². The average Bonchev–Trinajstić information content (AvgIpc) is 2.78. The molecule has 0 aliphatic heterocycles. The van der Waals surface area contributed by atoms with E-state index in [-0.39, 0.29) is 28.6 Å². The summed E-state index contributed by atoms with van der Waals surface area (Å²) in [5.74, 6) is -0.294. The van der Waals surface area contributed by atoms with Crippen molar-refractivity contribution >= 4 is 23.2 Å². The summed E-state index contributed by atoms with van der Waals surface area (Å²) in [6, 6.07) is 11.6. The Hall–Kier alpha value is -3.22. The summed E-state index contributed by atoms with van der Waals surface area (Å²) in [4.78, 5) is 35.9. The highest BCUT2D eigenvalue weighted by atomic mass is 16.6. The molecule has 2 atom stereocenters. The van der Waals surface area contributed by atoms with Crippen molar-refractivity contribution in [1.82, 2.24) is 5.32 Å². The quantitative estimate of drug-likeness (QED) is 0.331. The number of rotatable bonds is 11. The Bertz CT molecular complexity index is 988. The number of non-ortho nitro benzene ring substituents is 1. The molecule has 33 heavy (non-hydrogen) atoms. The van der Waals surface area contributed by atoms with Gasteiger partial charge in [-0.3, -0.25) is 19.7 Å². The number of carbonyl (C=O) groups is 2. The Morgan fingerprint density at radius 2 is 1.79 bits per heavy atom.